The van der Waals surface area contributed by atoms with E-state index in [1.165, 1.54) is 37.0 Å². The zero-order valence-electron chi connectivity index (χ0n) is 12.2. The summed E-state index contributed by atoms with van der Waals surface area (Å²) in [6, 6.07) is 8.70. The van der Waals surface area contributed by atoms with Crippen molar-refractivity contribution < 1.29 is 0 Å². The van der Waals surface area contributed by atoms with E-state index in [2.05, 4.69) is 41.0 Å². The highest BCUT2D eigenvalue weighted by molar-refractivity contribution is 5.93. The van der Waals surface area contributed by atoms with Gasteiger partial charge in [-0.3, -0.25) is 4.98 Å². The monoisotopic (exact) mass is 270 g/mol. The van der Waals surface area contributed by atoms with Gasteiger partial charge in [0.15, 0.2) is 0 Å². The Morgan fingerprint density at radius 1 is 1.25 bits per heavy atom. The summed E-state index contributed by atoms with van der Waals surface area (Å²) < 4.78 is 0. The molecular weight excluding hydrogens is 248 g/mol. The van der Waals surface area contributed by atoms with Crippen molar-refractivity contribution in [3.8, 4) is 0 Å². The van der Waals surface area contributed by atoms with Crippen LogP contribution in [0.15, 0.2) is 30.5 Å². The summed E-state index contributed by atoms with van der Waals surface area (Å²) >= 11 is 0. The van der Waals surface area contributed by atoms with Gasteiger partial charge in [0.25, 0.3) is 0 Å². The lowest BCUT2D eigenvalue weighted by molar-refractivity contribution is 0.253. The minimum absolute atomic E-state index is 0.606. The zero-order valence-corrected chi connectivity index (χ0v) is 12.2. The highest BCUT2D eigenvalue weighted by atomic mass is 15.2. The van der Waals surface area contributed by atoms with Gasteiger partial charge in [0, 0.05) is 36.0 Å². The quantitative estimate of drug-likeness (QED) is 0.851. The Labute approximate surface area is 120 Å². The summed E-state index contributed by atoms with van der Waals surface area (Å²) in [6.45, 7) is 2.34. The number of nitrogens with two attached hydrogens (primary N) is 1. The number of pyridine rings is 1. The van der Waals surface area contributed by atoms with E-state index in [0.717, 1.165) is 11.2 Å². The molecule has 1 aliphatic rings. The molecule has 2 heterocycles. The standard InChI is InChI=1S/C16H22N4/c1-19-9-6-13(7-10-19)20(2)16-5-8-18-15-11-12(17)3-4-14(15)16/h3-5,8,11,13H,6-7,9-10,17H2,1-2H3. The summed E-state index contributed by atoms with van der Waals surface area (Å²) in [6.07, 6.45) is 4.31. The Bertz CT molecular complexity index is 602. The van der Waals surface area contributed by atoms with Crippen LogP contribution in [0.3, 0.4) is 0 Å². The van der Waals surface area contributed by atoms with E-state index >= 15 is 0 Å². The van der Waals surface area contributed by atoms with Gasteiger partial charge in [0.05, 0.1) is 5.52 Å². The molecule has 0 radical (unpaired) electrons. The van der Waals surface area contributed by atoms with Gasteiger partial charge in [-0.2, -0.15) is 0 Å². The number of likely N-dealkylation sites (tertiary alicyclic amines) is 1. The van der Waals surface area contributed by atoms with Crippen molar-refractivity contribution in [1.29, 1.82) is 0 Å². The SMILES string of the molecule is CN1CCC(N(C)c2ccnc3cc(N)ccc23)CC1. The molecule has 1 aromatic heterocycles. The molecule has 1 saturated heterocycles. The maximum atomic E-state index is 5.85. The highest BCUT2D eigenvalue weighted by Gasteiger charge is 2.21. The van der Waals surface area contributed by atoms with Crippen molar-refractivity contribution in [1.82, 2.24) is 9.88 Å². The van der Waals surface area contributed by atoms with E-state index in [1.807, 2.05) is 18.3 Å². The van der Waals surface area contributed by atoms with Crippen molar-refractivity contribution in [3.05, 3.63) is 30.5 Å². The molecule has 4 heteroatoms. The second kappa shape index (κ2) is 5.29. The van der Waals surface area contributed by atoms with Crippen LogP contribution in [-0.4, -0.2) is 43.1 Å². The molecule has 1 fully saturated rings. The van der Waals surface area contributed by atoms with Crippen molar-refractivity contribution in [2.45, 2.75) is 18.9 Å². The van der Waals surface area contributed by atoms with Crippen LogP contribution in [0.1, 0.15) is 12.8 Å². The molecule has 3 rings (SSSR count). The fraction of sp³-hybridized carbons (Fsp3) is 0.438. The topological polar surface area (TPSA) is 45.4 Å². The molecule has 0 amide bonds. The Balaban J connectivity index is 1.93. The first-order valence-electron chi connectivity index (χ1n) is 7.21. The molecule has 4 nitrogen and oxygen atoms in total. The predicted molar refractivity (Wildman–Crippen MR) is 85.1 cm³/mol. The molecule has 0 unspecified atom stereocenters. The number of benzene rings is 1. The number of rotatable bonds is 2. The number of aromatic nitrogens is 1. The second-order valence-corrected chi connectivity index (χ2v) is 5.75. The number of hydrogen-bond donors (Lipinski definition) is 1. The van der Waals surface area contributed by atoms with Crippen LogP contribution in [0.4, 0.5) is 11.4 Å². The van der Waals surface area contributed by atoms with E-state index in [1.54, 1.807) is 0 Å². The van der Waals surface area contributed by atoms with Gasteiger partial charge in [-0.25, -0.2) is 0 Å². The number of nitrogen functional groups attached to an aromatic ring is 1. The molecule has 0 spiro atoms. The number of fused-ring (bicyclic) bond motifs is 1. The van der Waals surface area contributed by atoms with E-state index < -0.39 is 0 Å². The number of anilines is 2. The van der Waals surface area contributed by atoms with Crippen molar-refractivity contribution >= 4 is 22.3 Å². The van der Waals surface area contributed by atoms with Crippen LogP contribution in [-0.2, 0) is 0 Å². The number of piperidine rings is 1. The normalized spacial score (nSPS) is 17.5. The maximum absolute atomic E-state index is 5.85. The predicted octanol–water partition coefficient (Wildman–Crippen LogP) is 2.35. The Morgan fingerprint density at radius 3 is 2.75 bits per heavy atom. The summed E-state index contributed by atoms with van der Waals surface area (Å²) in [5.74, 6) is 0. The van der Waals surface area contributed by atoms with E-state index in [-0.39, 0.29) is 0 Å². The molecule has 0 aliphatic carbocycles. The average Bonchev–Trinajstić information content (AvgIpc) is 2.46. The molecule has 2 N–H and O–H groups in total. The molecule has 0 bridgehead atoms. The molecule has 0 atom stereocenters. The fourth-order valence-corrected chi connectivity index (χ4v) is 3.04. The lowest BCUT2D eigenvalue weighted by atomic mass is 10.0. The lowest BCUT2D eigenvalue weighted by Crippen LogP contribution is -2.42. The zero-order chi connectivity index (χ0) is 14.1. The Kier molecular flexibility index (Phi) is 3.49. The van der Waals surface area contributed by atoms with Gasteiger partial charge in [-0.05, 0) is 57.2 Å². The van der Waals surface area contributed by atoms with E-state index in [0.29, 0.717) is 6.04 Å². The van der Waals surface area contributed by atoms with E-state index in [4.69, 9.17) is 5.73 Å². The summed E-state index contributed by atoms with van der Waals surface area (Å²) in [4.78, 5) is 9.24. The summed E-state index contributed by atoms with van der Waals surface area (Å²) in [7, 11) is 4.39. The summed E-state index contributed by atoms with van der Waals surface area (Å²) in [5, 5.41) is 1.18. The second-order valence-electron chi connectivity index (χ2n) is 5.75. The van der Waals surface area contributed by atoms with Crippen LogP contribution in [0.5, 0.6) is 0 Å². The first-order valence-corrected chi connectivity index (χ1v) is 7.21. The smallest absolute Gasteiger partial charge is 0.0743 e. The highest BCUT2D eigenvalue weighted by Crippen LogP contribution is 2.29. The number of nitrogens with zero attached hydrogens (tertiary/aromatic N) is 3. The Hall–Kier alpha value is -1.81. The van der Waals surface area contributed by atoms with Crippen LogP contribution >= 0.6 is 0 Å². The molecule has 0 saturated carbocycles. The van der Waals surface area contributed by atoms with Crippen molar-refractivity contribution in [2.75, 3.05) is 37.8 Å². The van der Waals surface area contributed by atoms with Crippen LogP contribution in [0, 0.1) is 0 Å². The van der Waals surface area contributed by atoms with Gasteiger partial charge in [-0.1, -0.05) is 0 Å². The molecule has 20 heavy (non-hydrogen) atoms. The minimum Gasteiger partial charge on any atom is -0.399 e. The van der Waals surface area contributed by atoms with Crippen LogP contribution in [0.2, 0.25) is 0 Å². The van der Waals surface area contributed by atoms with Gasteiger partial charge in [-0.15, -0.1) is 0 Å². The average molecular weight is 270 g/mol. The third kappa shape index (κ3) is 2.43. The molecular formula is C16H22N4. The third-order valence-corrected chi connectivity index (χ3v) is 4.36. The van der Waals surface area contributed by atoms with Crippen LogP contribution < -0.4 is 10.6 Å². The summed E-state index contributed by atoms with van der Waals surface area (Å²) in [5.41, 5.74) is 8.85. The largest absolute Gasteiger partial charge is 0.399 e. The molecule has 1 aliphatic heterocycles. The fourth-order valence-electron chi connectivity index (χ4n) is 3.04. The van der Waals surface area contributed by atoms with Gasteiger partial charge in [0.1, 0.15) is 0 Å². The van der Waals surface area contributed by atoms with E-state index in [9.17, 15) is 0 Å². The van der Waals surface area contributed by atoms with Gasteiger partial charge >= 0.3 is 0 Å². The number of hydrogen-bond acceptors (Lipinski definition) is 4. The first kappa shape index (κ1) is 13.2. The van der Waals surface area contributed by atoms with Gasteiger partial charge < -0.3 is 15.5 Å². The van der Waals surface area contributed by atoms with Crippen molar-refractivity contribution in [2.24, 2.45) is 0 Å². The van der Waals surface area contributed by atoms with Gasteiger partial charge in [0.2, 0.25) is 0 Å². The molecule has 2 aromatic rings. The maximum Gasteiger partial charge on any atom is 0.0743 e. The first-order chi connectivity index (χ1) is 9.65. The van der Waals surface area contributed by atoms with Crippen LogP contribution in [0.25, 0.3) is 10.9 Å². The molecule has 106 valence electrons. The third-order valence-electron chi connectivity index (χ3n) is 4.36. The lowest BCUT2D eigenvalue weighted by Gasteiger charge is -2.36. The van der Waals surface area contributed by atoms with Crippen molar-refractivity contribution in [3.63, 3.8) is 0 Å². The minimum atomic E-state index is 0.606. The Morgan fingerprint density at radius 2 is 2.00 bits per heavy atom. The molecule has 1 aromatic carbocycles.